The molecule has 2 aromatic rings. The quantitative estimate of drug-likeness (QED) is 0.730. The zero-order chi connectivity index (χ0) is 23.3. The Balaban J connectivity index is 1.38. The second-order valence-corrected chi connectivity index (χ2v) is 9.47. The van der Waals surface area contributed by atoms with Gasteiger partial charge in [0.15, 0.2) is 0 Å². The molecule has 34 heavy (non-hydrogen) atoms. The number of rotatable bonds is 5. The standard InChI is InChI=1S/C26H35N5O3/c1-33-21-9-5-6-19(16-21)17-24-28-23-10-11-31(26(32)27-20-7-3-2-4-8-20)18-22(23)25(29-24)30-12-14-34-15-13-30/h5-6,9,16,20H,2-4,7-8,10-15,17-18H2,1H3,(H,27,32). The van der Waals surface area contributed by atoms with Gasteiger partial charge in [0.2, 0.25) is 0 Å². The van der Waals surface area contributed by atoms with Crippen molar-refractivity contribution in [3.05, 3.63) is 46.9 Å². The van der Waals surface area contributed by atoms with Crippen LogP contribution in [0.3, 0.4) is 0 Å². The van der Waals surface area contributed by atoms with Crippen molar-refractivity contribution in [1.82, 2.24) is 20.2 Å². The van der Waals surface area contributed by atoms with Gasteiger partial charge in [-0.25, -0.2) is 14.8 Å². The summed E-state index contributed by atoms with van der Waals surface area (Å²) in [6, 6.07) is 8.42. The first-order valence-electron chi connectivity index (χ1n) is 12.6. The third-order valence-corrected chi connectivity index (χ3v) is 7.11. The van der Waals surface area contributed by atoms with Crippen LogP contribution in [0.1, 0.15) is 54.7 Å². The van der Waals surface area contributed by atoms with Crippen molar-refractivity contribution in [2.45, 2.75) is 57.5 Å². The molecule has 3 aliphatic rings. The summed E-state index contributed by atoms with van der Waals surface area (Å²) in [5.41, 5.74) is 3.27. The Labute approximate surface area is 201 Å². The number of amides is 2. The number of morpholine rings is 1. The number of hydrogen-bond acceptors (Lipinski definition) is 6. The fraction of sp³-hybridized carbons (Fsp3) is 0.577. The van der Waals surface area contributed by atoms with Gasteiger partial charge < -0.3 is 24.6 Å². The largest absolute Gasteiger partial charge is 0.497 e. The number of aromatic nitrogens is 2. The van der Waals surface area contributed by atoms with Gasteiger partial charge in [0.1, 0.15) is 17.4 Å². The van der Waals surface area contributed by atoms with Crippen LogP contribution in [0.4, 0.5) is 10.6 Å². The molecule has 1 aliphatic carbocycles. The lowest BCUT2D eigenvalue weighted by atomic mass is 9.95. The Morgan fingerprint density at radius 1 is 1.15 bits per heavy atom. The molecule has 0 spiro atoms. The molecular weight excluding hydrogens is 430 g/mol. The normalized spacial score (nSPS) is 19.0. The van der Waals surface area contributed by atoms with Crippen LogP contribution in [-0.4, -0.2) is 66.9 Å². The number of fused-ring (bicyclic) bond motifs is 1. The minimum Gasteiger partial charge on any atom is -0.497 e. The molecule has 0 bridgehead atoms. The van der Waals surface area contributed by atoms with E-state index in [4.69, 9.17) is 19.4 Å². The molecule has 2 fully saturated rings. The van der Waals surface area contributed by atoms with Crippen LogP contribution in [0.2, 0.25) is 0 Å². The number of carbonyl (C=O) groups is 1. The van der Waals surface area contributed by atoms with Gasteiger partial charge in [0.25, 0.3) is 0 Å². The molecule has 3 heterocycles. The van der Waals surface area contributed by atoms with Gasteiger partial charge in [-0.3, -0.25) is 0 Å². The van der Waals surface area contributed by atoms with Crippen molar-refractivity contribution in [2.24, 2.45) is 0 Å². The zero-order valence-corrected chi connectivity index (χ0v) is 20.1. The van der Waals surface area contributed by atoms with E-state index in [1.165, 1.54) is 19.3 Å². The fourth-order valence-electron chi connectivity index (χ4n) is 5.21. The van der Waals surface area contributed by atoms with Crippen molar-refractivity contribution in [2.75, 3.05) is 44.9 Å². The third kappa shape index (κ3) is 5.27. The van der Waals surface area contributed by atoms with E-state index >= 15 is 0 Å². The van der Waals surface area contributed by atoms with Gasteiger partial charge >= 0.3 is 6.03 Å². The van der Waals surface area contributed by atoms with E-state index in [9.17, 15) is 4.79 Å². The van der Waals surface area contributed by atoms with Crippen molar-refractivity contribution >= 4 is 11.8 Å². The number of hydrogen-bond donors (Lipinski definition) is 1. The highest BCUT2D eigenvalue weighted by Crippen LogP contribution is 2.29. The highest BCUT2D eigenvalue weighted by Gasteiger charge is 2.29. The van der Waals surface area contributed by atoms with Crippen LogP contribution in [0.5, 0.6) is 5.75 Å². The van der Waals surface area contributed by atoms with E-state index in [-0.39, 0.29) is 6.03 Å². The molecule has 8 nitrogen and oxygen atoms in total. The Bertz CT molecular complexity index is 1000. The van der Waals surface area contributed by atoms with Crippen LogP contribution in [0.15, 0.2) is 24.3 Å². The molecule has 2 amide bonds. The number of nitrogens with one attached hydrogen (secondary N) is 1. The Hall–Kier alpha value is -2.87. The highest BCUT2D eigenvalue weighted by atomic mass is 16.5. The maximum atomic E-state index is 13.1. The number of benzene rings is 1. The maximum Gasteiger partial charge on any atom is 0.317 e. The summed E-state index contributed by atoms with van der Waals surface area (Å²) in [4.78, 5) is 27.3. The SMILES string of the molecule is COc1cccc(Cc2nc3c(c(N4CCOCC4)n2)CN(C(=O)NC2CCCCC2)CC3)c1. The minimum absolute atomic E-state index is 0.0472. The van der Waals surface area contributed by atoms with Crippen LogP contribution < -0.4 is 15.0 Å². The molecule has 8 heteroatoms. The number of methoxy groups -OCH3 is 1. The van der Waals surface area contributed by atoms with E-state index in [1.54, 1.807) is 7.11 Å². The number of urea groups is 1. The molecule has 1 saturated heterocycles. The summed E-state index contributed by atoms with van der Waals surface area (Å²) < 4.78 is 11.0. The molecule has 5 rings (SSSR count). The third-order valence-electron chi connectivity index (χ3n) is 7.11. The lowest BCUT2D eigenvalue weighted by molar-refractivity contribution is 0.122. The molecule has 0 unspecified atom stereocenters. The van der Waals surface area contributed by atoms with Crippen LogP contribution in [0.25, 0.3) is 0 Å². The molecule has 2 aliphatic heterocycles. The summed E-state index contributed by atoms with van der Waals surface area (Å²) in [5, 5.41) is 3.27. The van der Waals surface area contributed by atoms with E-state index in [0.717, 1.165) is 66.6 Å². The molecule has 1 aromatic heterocycles. The lowest BCUT2D eigenvalue weighted by Crippen LogP contribution is -2.48. The van der Waals surface area contributed by atoms with E-state index in [2.05, 4.69) is 16.3 Å². The summed E-state index contributed by atoms with van der Waals surface area (Å²) in [6.45, 7) is 4.22. The van der Waals surface area contributed by atoms with Gasteiger partial charge in [-0.05, 0) is 30.5 Å². The summed E-state index contributed by atoms with van der Waals surface area (Å²) in [6.07, 6.45) is 7.27. The van der Waals surface area contributed by atoms with Crippen LogP contribution >= 0.6 is 0 Å². The number of carbonyl (C=O) groups excluding carboxylic acids is 1. The van der Waals surface area contributed by atoms with Crippen molar-refractivity contribution < 1.29 is 14.3 Å². The molecule has 1 aromatic carbocycles. The molecule has 1 saturated carbocycles. The Kier molecular flexibility index (Phi) is 7.13. The van der Waals surface area contributed by atoms with Crippen LogP contribution in [-0.2, 0) is 24.1 Å². The average molecular weight is 466 g/mol. The average Bonchev–Trinajstić information content (AvgIpc) is 2.89. The first-order valence-corrected chi connectivity index (χ1v) is 12.6. The Morgan fingerprint density at radius 3 is 2.76 bits per heavy atom. The smallest absolute Gasteiger partial charge is 0.317 e. The van der Waals surface area contributed by atoms with Crippen molar-refractivity contribution in [3.63, 3.8) is 0 Å². The first kappa shape index (κ1) is 22.9. The topological polar surface area (TPSA) is 79.8 Å². The molecule has 0 radical (unpaired) electrons. The second-order valence-electron chi connectivity index (χ2n) is 9.47. The predicted molar refractivity (Wildman–Crippen MR) is 130 cm³/mol. The van der Waals surface area contributed by atoms with Gasteiger partial charge in [0, 0.05) is 44.1 Å². The van der Waals surface area contributed by atoms with Crippen molar-refractivity contribution in [3.8, 4) is 5.75 Å². The molecule has 0 atom stereocenters. The number of ether oxygens (including phenoxy) is 2. The first-order chi connectivity index (χ1) is 16.7. The molecule has 182 valence electrons. The van der Waals surface area contributed by atoms with Gasteiger partial charge in [0.05, 0.1) is 32.6 Å². The van der Waals surface area contributed by atoms with E-state index in [1.807, 2.05) is 23.1 Å². The monoisotopic (exact) mass is 465 g/mol. The maximum absolute atomic E-state index is 13.1. The van der Waals surface area contributed by atoms with Gasteiger partial charge in [-0.2, -0.15) is 0 Å². The second kappa shape index (κ2) is 10.6. The molecular formula is C26H35N5O3. The summed E-state index contributed by atoms with van der Waals surface area (Å²) >= 11 is 0. The van der Waals surface area contributed by atoms with Gasteiger partial charge in [-0.1, -0.05) is 31.4 Å². The van der Waals surface area contributed by atoms with E-state index in [0.29, 0.717) is 38.8 Å². The zero-order valence-electron chi connectivity index (χ0n) is 20.1. The van der Waals surface area contributed by atoms with Crippen LogP contribution in [0, 0.1) is 0 Å². The summed E-state index contributed by atoms with van der Waals surface area (Å²) in [5.74, 6) is 2.61. The number of anilines is 1. The molecule has 1 N–H and O–H groups in total. The van der Waals surface area contributed by atoms with E-state index < -0.39 is 0 Å². The lowest BCUT2D eigenvalue weighted by Gasteiger charge is -2.35. The fourth-order valence-corrected chi connectivity index (χ4v) is 5.21. The van der Waals surface area contributed by atoms with Crippen molar-refractivity contribution in [1.29, 1.82) is 0 Å². The highest BCUT2D eigenvalue weighted by molar-refractivity contribution is 5.75. The van der Waals surface area contributed by atoms with Gasteiger partial charge in [-0.15, -0.1) is 0 Å². The number of nitrogens with zero attached hydrogens (tertiary/aromatic N) is 4. The predicted octanol–water partition coefficient (Wildman–Crippen LogP) is 3.31. The summed E-state index contributed by atoms with van der Waals surface area (Å²) in [7, 11) is 1.68. The minimum atomic E-state index is 0.0472. The Morgan fingerprint density at radius 2 is 1.97 bits per heavy atom.